The molecule has 2 aromatic carbocycles. The second kappa shape index (κ2) is 19.7. The van der Waals surface area contributed by atoms with Gasteiger partial charge in [-0.2, -0.15) is 18.4 Å². The number of morpholine rings is 1. The fourth-order valence-corrected chi connectivity index (χ4v) is 6.65. The van der Waals surface area contributed by atoms with Gasteiger partial charge in [0.2, 0.25) is 11.7 Å². The minimum Gasteiger partial charge on any atom is -0.475 e. The smallest absolute Gasteiger partial charge is 0.475 e. The van der Waals surface area contributed by atoms with Crippen LogP contribution in [-0.2, 0) is 30.3 Å². The first-order chi connectivity index (χ1) is 28.0. The van der Waals surface area contributed by atoms with Crippen molar-refractivity contribution in [1.29, 1.82) is 0 Å². The van der Waals surface area contributed by atoms with Gasteiger partial charge in [-0.3, -0.25) is 9.59 Å². The number of carbonyl (C=O) groups excluding carboxylic acids is 3. The number of hydrogen-bond acceptors (Lipinski definition) is 12. The van der Waals surface area contributed by atoms with E-state index in [0.29, 0.717) is 49.7 Å². The zero-order chi connectivity index (χ0) is 42.7. The summed E-state index contributed by atoms with van der Waals surface area (Å²) in [6.45, 7) is 8.91. The van der Waals surface area contributed by atoms with Crippen molar-refractivity contribution in [2.45, 2.75) is 70.7 Å². The number of imide groups is 1. The average molecular weight is 824 g/mol. The number of aliphatic carboxylic acids is 1. The summed E-state index contributed by atoms with van der Waals surface area (Å²) >= 11 is 0. The third kappa shape index (κ3) is 12.8. The number of anilines is 2. The number of rotatable bonds is 10. The zero-order valence-electron chi connectivity index (χ0n) is 32.9. The normalized spacial score (nSPS) is 17.5. The molecule has 316 valence electrons. The SMILES string of the molecule is CC(C)(C)OC(=O)NCC1CCC(C(=O)N(C(=O)[C@@H](N)Cc2ccc(-c3ccnc(N4CCOCC4)c3)cc2)c2ccc(-c3nn[nH]n3)cc2)CC1.O=C(O)C(F)(F)F. The Bertz CT molecular complexity index is 2010. The first-order valence-corrected chi connectivity index (χ1v) is 19.1. The van der Waals surface area contributed by atoms with Crippen LogP contribution in [0.25, 0.3) is 22.5 Å². The van der Waals surface area contributed by atoms with Crippen LogP contribution in [0.15, 0.2) is 66.9 Å². The zero-order valence-corrected chi connectivity index (χ0v) is 32.9. The lowest BCUT2D eigenvalue weighted by atomic mass is 9.81. The van der Waals surface area contributed by atoms with Gasteiger partial charge in [-0.05, 0) is 117 Å². The lowest BCUT2D eigenvalue weighted by Gasteiger charge is -2.32. The second-order valence-electron chi connectivity index (χ2n) is 15.2. The minimum absolute atomic E-state index is 0.207. The van der Waals surface area contributed by atoms with Crippen molar-refractivity contribution in [2.24, 2.45) is 17.6 Å². The van der Waals surface area contributed by atoms with E-state index < -0.39 is 35.8 Å². The van der Waals surface area contributed by atoms with Gasteiger partial charge in [-0.25, -0.2) is 19.5 Å². The predicted octanol–water partition coefficient (Wildman–Crippen LogP) is 5.16. The van der Waals surface area contributed by atoms with E-state index in [1.54, 1.807) is 24.3 Å². The molecular formula is C40H48F3N9O7. The third-order valence-electron chi connectivity index (χ3n) is 9.68. The van der Waals surface area contributed by atoms with Gasteiger partial charge < -0.3 is 30.5 Å². The van der Waals surface area contributed by atoms with Crippen LogP contribution in [0.1, 0.15) is 52.0 Å². The molecule has 3 heterocycles. The summed E-state index contributed by atoms with van der Waals surface area (Å²) in [7, 11) is 0. The van der Waals surface area contributed by atoms with Crippen LogP contribution in [0.3, 0.4) is 0 Å². The number of carboxylic acids is 1. The quantitative estimate of drug-likeness (QED) is 0.163. The first kappa shape index (κ1) is 44.2. The topological polar surface area (TPSA) is 219 Å². The highest BCUT2D eigenvalue weighted by Gasteiger charge is 2.38. The van der Waals surface area contributed by atoms with E-state index in [-0.39, 0.29) is 24.2 Å². The van der Waals surface area contributed by atoms with Gasteiger partial charge in [0.1, 0.15) is 11.4 Å². The van der Waals surface area contributed by atoms with Crippen LogP contribution in [-0.4, -0.2) is 105 Å². The number of hydrogen-bond donors (Lipinski definition) is 4. The van der Waals surface area contributed by atoms with Crippen LogP contribution < -0.4 is 20.9 Å². The number of carbonyl (C=O) groups is 4. The highest BCUT2D eigenvalue weighted by atomic mass is 19.4. The maximum absolute atomic E-state index is 14.2. The maximum Gasteiger partial charge on any atom is 0.490 e. The number of pyridine rings is 1. The number of H-pyrrole nitrogens is 1. The van der Waals surface area contributed by atoms with Crippen molar-refractivity contribution in [1.82, 2.24) is 30.9 Å². The Morgan fingerprint density at radius 1 is 0.966 bits per heavy atom. The van der Waals surface area contributed by atoms with Gasteiger partial charge in [-0.15, -0.1) is 10.2 Å². The number of alkyl carbamates (subject to hydrolysis) is 1. The van der Waals surface area contributed by atoms with Crippen LogP contribution in [0.5, 0.6) is 0 Å². The first-order valence-electron chi connectivity index (χ1n) is 19.1. The minimum atomic E-state index is -5.08. The molecule has 6 rings (SSSR count). The van der Waals surface area contributed by atoms with E-state index in [1.807, 2.05) is 57.3 Å². The van der Waals surface area contributed by atoms with E-state index in [4.69, 9.17) is 25.1 Å². The molecule has 0 bridgehead atoms. The molecule has 2 aliphatic rings. The fourth-order valence-electron chi connectivity index (χ4n) is 6.65. The Morgan fingerprint density at radius 2 is 1.59 bits per heavy atom. The summed E-state index contributed by atoms with van der Waals surface area (Å²) in [4.78, 5) is 57.4. The van der Waals surface area contributed by atoms with Gasteiger partial charge in [-0.1, -0.05) is 24.3 Å². The Balaban J connectivity index is 0.000000867. The highest BCUT2D eigenvalue weighted by Crippen LogP contribution is 2.32. The molecule has 1 saturated carbocycles. The molecule has 0 spiro atoms. The molecule has 1 atom stereocenters. The summed E-state index contributed by atoms with van der Waals surface area (Å²) in [6, 6.07) is 18.0. The standard InChI is InChI=1S/C38H47N9O5.C2HF3O2/c1-38(2,3)52-37(50)41-24-26-6-10-29(11-7-26)35(48)47(31-14-12-28(13-15-31)34-42-44-45-43-34)36(49)32(39)22-25-4-8-27(9-5-25)30-16-17-40-33(23-30)46-18-20-51-21-19-46;3-2(4,5)1(6)7/h4-5,8-9,12-17,23,26,29,32H,6-7,10-11,18-22,24,39H2,1-3H3,(H,41,50)(H,42,43,44,45);(H,6,7)/t26?,29?,32-;/m0./s1. The monoisotopic (exact) mass is 823 g/mol. The number of aromatic nitrogens is 5. The largest absolute Gasteiger partial charge is 0.490 e. The molecule has 5 N–H and O–H groups in total. The predicted molar refractivity (Wildman–Crippen MR) is 210 cm³/mol. The number of carboxylic acid groups (broad SMARTS) is 1. The number of tetrazole rings is 1. The molecule has 0 unspecified atom stereocenters. The molecule has 19 heteroatoms. The molecule has 2 fully saturated rings. The Labute approximate surface area is 338 Å². The summed E-state index contributed by atoms with van der Waals surface area (Å²) in [5.74, 6) is -2.36. The van der Waals surface area contributed by atoms with Gasteiger partial charge >= 0.3 is 18.2 Å². The molecular weight excluding hydrogens is 775 g/mol. The molecule has 2 aromatic heterocycles. The molecule has 1 aliphatic carbocycles. The van der Waals surface area contributed by atoms with Gasteiger partial charge in [0.25, 0.3) is 5.91 Å². The van der Waals surface area contributed by atoms with Crippen molar-refractivity contribution >= 4 is 35.4 Å². The second-order valence-corrected chi connectivity index (χ2v) is 15.2. The molecule has 1 saturated heterocycles. The number of benzene rings is 2. The van der Waals surface area contributed by atoms with Crippen LogP contribution >= 0.6 is 0 Å². The van der Waals surface area contributed by atoms with Gasteiger partial charge in [0, 0.05) is 37.3 Å². The van der Waals surface area contributed by atoms with E-state index in [9.17, 15) is 27.6 Å². The lowest BCUT2D eigenvalue weighted by Crippen LogP contribution is -2.50. The summed E-state index contributed by atoms with van der Waals surface area (Å²) in [5.41, 5.74) is 10.1. The highest BCUT2D eigenvalue weighted by molar-refractivity contribution is 6.17. The average Bonchev–Trinajstić information content (AvgIpc) is 3.76. The Hall–Kier alpha value is -5.95. The number of ether oxygens (including phenoxy) is 2. The van der Waals surface area contributed by atoms with Gasteiger partial charge in [0.15, 0.2) is 0 Å². The van der Waals surface area contributed by atoms with Crippen molar-refractivity contribution in [3.05, 3.63) is 72.4 Å². The summed E-state index contributed by atoms with van der Waals surface area (Å²) < 4.78 is 42.6. The number of nitrogens with one attached hydrogen (secondary N) is 2. The number of halogens is 3. The fraction of sp³-hybridized carbons (Fsp3) is 0.450. The molecule has 4 aromatic rings. The molecule has 59 heavy (non-hydrogen) atoms. The van der Waals surface area contributed by atoms with E-state index in [1.165, 1.54) is 4.90 Å². The summed E-state index contributed by atoms with van der Waals surface area (Å²) in [6.07, 6.45) is -0.833. The van der Waals surface area contributed by atoms with Crippen LogP contribution in [0, 0.1) is 11.8 Å². The van der Waals surface area contributed by atoms with Crippen molar-refractivity contribution in [3.63, 3.8) is 0 Å². The van der Waals surface area contributed by atoms with Crippen molar-refractivity contribution in [3.8, 4) is 22.5 Å². The maximum atomic E-state index is 14.2. The Morgan fingerprint density at radius 3 is 2.17 bits per heavy atom. The molecule has 1 aliphatic heterocycles. The lowest BCUT2D eigenvalue weighted by molar-refractivity contribution is -0.192. The van der Waals surface area contributed by atoms with Crippen molar-refractivity contribution in [2.75, 3.05) is 42.6 Å². The number of alkyl halides is 3. The Kier molecular flexibility index (Phi) is 14.7. The van der Waals surface area contributed by atoms with E-state index >= 15 is 0 Å². The third-order valence-corrected chi connectivity index (χ3v) is 9.68. The number of amides is 3. The molecule has 3 amide bonds. The number of nitrogens with two attached hydrogens (primary N) is 1. The van der Waals surface area contributed by atoms with Gasteiger partial charge in [0.05, 0.1) is 24.9 Å². The van der Waals surface area contributed by atoms with Crippen LogP contribution in [0.4, 0.5) is 29.5 Å². The van der Waals surface area contributed by atoms with E-state index in [2.05, 4.69) is 41.9 Å². The molecule has 0 radical (unpaired) electrons. The number of nitrogens with zero attached hydrogens (tertiary/aromatic N) is 6. The number of aromatic amines is 1. The molecule has 16 nitrogen and oxygen atoms in total. The van der Waals surface area contributed by atoms with E-state index in [0.717, 1.165) is 48.4 Å². The summed E-state index contributed by atoms with van der Waals surface area (Å²) in [5, 5.41) is 24.1. The van der Waals surface area contributed by atoms with Crippen LogP contribution in [0.2, 0.25) is 0 Å². The van der Waals surface area contributed by atoms with Crippen molar-refractivity contribution < 1.29 is 46.9 Å².